The van der Waals surface area contributed by atoms with Crippen molar-refractivity contribution in [2.45, 2.75) is 31.4 Å². The van der Waals surface area contributed by atoms with Gasteiger partial charge in [0.15, 0.2) is 11.4 Å². The summed E-state index contributed by atoms with van der Waals surface area (Å²) in [7, 11) is 3.13. The van der Waals surface area contributed by atoms with Crippen LogP contribution in [-0.4, -0.2) is 75.1 Å². The minimum atomic E-state index is -2.64. The highest BCUT2D eigenvalue weighted by Gasteiger charge is 2.64. The van der Waals surface area contributed by atoms with E-state index in [9.17, 15) is 34.8 Å². The Labute approximate surface area is 195 Å². The first-order valence-corrected chi connectivity index (χ1v) is 10.9. The molecule has 182 valence electrons. The van der Waals surface area contributed by atoms with Crippen LogP contribution < -0.4 is 16.6 Å². The summed E-state index contributed by atoms with van der Waals surface area (Å²) in [5, 5.41) is 47.3. The zero-order chi connectivity index (χ0) is 25.1. The maximum atomic E-state index is 13.7. The van der Waals surface area contributed by atoms with E-state index < -0.39 is 58.0 Å². The lowest BCUT2D eigenvalue weighted by molar-refractivity contribution is -0.153. The van der Waals surface area contributed by atoms with E-state index in [4.69, 9.17) is 5.84 Å². The third-order valence-electron chi connectivity index (χ3n) is 7.08. The molecule has 0 bridgehead atoms. The van der Waals surface area contributed by atoms with Gasteiger partial charge in [-0.25, -0.2) is 5.84 Å². The van der Waals surface area contributed by atoms with E-state index in [1.165, 1.54) is 11.0 Å². The number of aliphatic hydroxyl groups is 3. The Morgan fingerprint density at radius 2 is 1.91 bits per heavy atom. The van der Waals surface area contributed by atoms with Crippen molar-refractivity contribution in [2.24, 2.45) is 17.7 Å². The highest BCUT2D eigenvalue weighted by molar-refractivity contribution is 6.24. The summed E-state index contributed by atoms with van der Waals surface area (Å²) in [6.07, 6.45) is 0.303. The van der Waals surface area contributed by atoms with Gasteiger partial charge in [0, 0.05) is 23.7 Å². The molecule has 0 aromatic heterocycles. The van der Waals surface area contributed by atoms with Crippen LogP contribution in [0.4, 0.5) is 5.69 Å². The topological polar surface area (TPSA) is 185 Å². The zero-order valence-corrected chi connectivity index (χ0v) is 19.0. The number of ketones is 2. The lowest BCUT2D eigenvalue weighted by atomic mass is 9.57. The van der Waals surface area contributed by atoms with Crippen LogP contribution in [0, 0.1) is 11.8 Å². The lowest BCUT2D eigenvalue weighted by Crippen LogP contribution is -2.66. The number of carbonyl (C=O) groups is 3. The number of hydrogen-bond acceptors (Lipinski definition) is 10. The highest BCUT2D eigenvalue weighted by Crippen LogP contribution is 2.53. The van der Waals surface area contributed by atoms with Crippen LogP contribution >= 0.6 is 0 Å². The summed E-state index contributed by atoms with van der Waals surface area (Å²) in [5.74, 6) is -1.30. The number of amides is 1. The Morgan fingerprint density at radius 3 is 2.50 bits per heavy atom. The third kappa shape index (κ3) is 3.04. The van der Waals surface area contributed by atoms with Crippen molar-refractivity contribution in [1.82, 2.24) is 10.3 Å². The van der Waals surface area contributed by atoms with Gasteiger partial charge in [-0.3, -0.25) is 24.7 Å². The SMILES string of the molecule is CCNc1ccc(O)c2c1CC1CC3[C@H](N(C)C)C(=O)C(C(=O)NN)=C(O)[C@@]3(O)C(=O)C1=C2O. The number of carbonyl (C=O) groups excluding carboxylic acids is 3. The van der Waals surface area contributed by atoms with Gasteiger partial charge in [0.25, 0.3) is 5.91 Å². The summed E-state index contributed by atoms with van der Waals surface area (Å²) < 4.78 is 0. The number of likely N-dealkylation sites (N-methyl/N-ethyl adjacent to an activating group) is 1. The number of nitrogens with two attached hydrogens (primary N) is 1. The van der Waals surface area contributed by atoms with Gasteiger partial charge < -0.3 is 25.7 Å². The second-order valence-electron chi connectivity index (χ2n) is 9.09. The number of rotatable bonds is 4. The minimum Gasteiger partial charge on any atom is -0.508 e. The molecular formula is C23H28N4O7. The van der Waals surface area contributed by atoms with Gasteiger partial charge in [-0.05, 0) is 57.5 Å². The smallest absolute Gasteiger partial charge is 0.272 e. The Kier molecular flexibility index (Phi) is 5.67. The summed E-state index contributed by atoms with van der Waals surface area (Å²) in [5.41, 5.74) is -0.485. The van der Waals surface area contributed by atoms with Crippen molar-refractivity contribution in [3.05, 3.63) is 40.2 Å². The number of benzene rings is 1. The molecule has 3 aliphatic rings. The van der Waals surface area contributed by atoms with E-state index in [2.05, 4.69) is 5.32 Å². The molecule has 0 heterocycles. The standard InChI is InChI=1S/C23H28N4O7/c1-4-25-12-5-6-13(28)15-10(12)7-9-8-11-17(27(2)3)19(30)16(22(33)26-24)21(32)23(11,34)20(31)14(9)18(15)29/h5-6,9,11,17,25,28-29,32,34H,4,7-8,24H2,1-3H3,(H,26,33)/t9?,11?,17-,23-/m0/s1. The van der Waals surface area contributed by atoms with E-state index in [-0.39, 0.29) is 29.7 Å². The Bertz CT molecular complexity index is 1170. The number of phenols is 1. The van der Waals surface area contributed by atoms with E-state index in [1.54, 1.807) is 25.6 Å². The summed E-state index contributed by atoms with van der Waals surface area (Å²) in [6.45, 7) is 2.48. The molecule has 0 aliphatic heterocycles. The Balaban J connectivity index is 1.97. The fraction of sp³-hybridized carbons (Fsp3) is 0.435. The van der Waals surface area contributed by atoms with Gasteiger partial charge in [0.2, 0.25) is 5.78 Å². The Morgan fingerprint density at radius 1 is 1.24 bits per heavy atom. The van der Waals surface area contributed by atoms with Gasteiger partial charge >= 0.3 is 0 Å². The van der Waals surface area contributed by atoms with Crippen LogP contribution in [0.2, 0.25) is 0 Å². The molecule has 11 nitrogen and oxygen atoms in total. The van der Waals surface area contributed by atoms with Crippen molar-refractivity contribution in [3.8, 4) is 5.75 Å². The first-order valence-electron chi connectivity index (χ1n) is 10.9. The Hall–Kier alpha value is -3.41. The predicted octanol–water partition coefficient (Wildman–Crippen LogP) is -0.0996. The summed E-state index contributed by atoms with van der Waals surface area (Å²) in [4.78, 5) is 40.7. The van der Waals surface area contributed by atoms with Crippen molar-refractivity contribution in [2.75, 3.05) is 26.0 Å². The van der Waals surface area contributed by atoms with Gasteiger partial charge in [0.05, 0.1) is 11.6 Å². The van der Waals surface area contributed by atoms with Crippen LogP contribution in [-0.2, 0) is 20.8 Å². The molecule has 1 aromatic rings. The summed E-state index contributed by atoms with van der Waals surface area (Å²) >= 11 is 0. The molecule has 2 unspecified atom stereocenters. The van der Waals surface area contributed by atoms with Gasteiger partial charge in [-0.1, -0.05) is 0 Å². The molecule has 4 rings (SSSR count). The molecule has 1 amide bonds. The number of phenolic OH excluding ortho intramolecular Hbond substituents is 1. The molecule has 0 radical (unpaired) electrons. The number of aliphatic hydroxyl groups excluding tert-OH is 2. The van der Waals surface area contributed by atoms with Gasteiger partial charge in [0.1, 0.15) is 22.8 Å². The molecule has 8 N–H and O–H groups in total. The first-order chi connectivity index (χ1) is 16.0. The second kappa shape index (κ2) is 8.12. The molecule has 1 fully saturated rings. The van der Waals surface area contributed by atoms with Crippen LogP contribution in [0.25, 0.3) is 5.76 Å². The monoisotopic (exact) mass is 472 g/mol. The predicted molar refractivity (Wildman–Crippen MR) is 122 cm³/mol. The molecule has 0 spiro atoms. The van der Waals surface area contributed by atoms with Crippen molar-refractivity contribution in [3.63, 3.8) is 0 Å². The number of Topliss-reactive ketones (excluding diaryl/α,β-unsaturated/α-hetero) is 2. The number of nitrogens with one attached hydrogen (secondary N) is 2. The maximum Gasteiger partial charge on any atom is 0.272 e. The van der Waals surface area contributed by atoms with Crippen molar-refractivity contribution < 1.29 is 34.8 Å². The molecule has 3 aliphatic carbocycles. The molecule has 0 saturated heterocycles. The number of aromatic hydroxyl groups is 1. The molecule has 11 heteroatoms. The quantitative estimate of drug-likeness (QED) is 0.103. The molecular weight excluding hydrogens is 444 g/mol. The number of fused-ring (bicyclic) bond motifs is 3. The van der Waals surface area contributed by atoms with E-state index in [1.807, 2.05) is 6.92 Å². The largest absolute Gasteiger partial charge is 0.508 e. The normalized spacial score (nSPS) is 28.5. The number of anilines is 1. The highest BCUT2D eigenvalue weighted by atomic mass is 16.3. The molecule has 1 aromatic carbocycles. The number of hydrogen-bond donors (Lipinski definition) is 7. The lowest BCUT2D eigenvalue weighted by Gasteiger charge is -2.50. The second-order valence-corrected chi connectivity index (χ2v) is 9.09. The van der Waals surface area contributed by atoms with Crippen molar-refractivity contribution >= 4 is 28.9 Å². The van der Waals surface area contributed by atoms with Crippen LogP contribution in [0.3, 0.4) is 0 Å². The maximum absolute atomic E-state index is 13.7. The van der Waals surface area contributed by atoms with Gasteiger partial charge in [-0.2, -0.15) is 0 Å². The zero-order valence-electron chi connectivity index (χ0n) is 19.0. The van der Waals surface area contributed by atoms with Crippen LogP contribution in [0.1, 0.15) is 24.5 Å². The fourth-order valence-corrected chi connectivity index (χ4v) is 5.65. The van der Waals surface area contributed by atoms with Crippen LogP contribution in [0.15, 0.2) is 29.0 Å². The molecule has 1 saturated carbocycles. The van der Waals surface area contributed by atoms with E-state index in [0.29, 0.717) is 17.8 Å². The third-order valence-corrected chi connectivity index (χ3v) is 7.08. The molecule has 4 atom stereocenters. The average Bonchev–Trinajstić information content (AvgIpc) is 2.77. The molecule has 34 heavy (non-hydrogen) atoms. The van der Waals surface area contributed by atoms with Crippen molar-refractivity contribution in [1.29, 1.82) is 0 Å². The minimum absolute atomic E-state index is 0.0540. The van der Waals surface area contributed by atoms with Gasteiger partial charge in [-0.15, -0.1) is 0 Å². The number of nitrogens with zero attached hydrogens (tertiary/aromatic N) is 1. The fourth-order valence-electron chi connectivity index (χ4n) is 5.65. The average molecular weight is 472 g/mol. The van der Waals surface area contributed by atoms with E-state index in [0.717, 1.165) is 0 Å². The summed E-state index contributed by atoms with van der Waals surface area (Å²) in [6, 6.07) is 1.96. The number of hydrazine groups is 1. The first kappa shape index (κ1) is 23.7. The van der Waals surface area contributed by atoms with Crippen LogP contribution in [0.5, 0.6) is 5.75 Å². The van der Waals surface area contributed by atoms with E-state index >= 15 is 0 Å².